The van der Waals surface area contributed by atoms with Crippen LogP contribution in [0.2, 0.25) is 0 Å². The Morgan fingerprint density at radius 2 is 1.79 bits per heavy atom. The van der Waals surface area contributed by atoms with E-state index in [2.05, 4.69) is 46.3 Å². The number of aryl methyl sites for hydroxylation is 1. The van der Waals surface area contributed by atoms with Gasteiger partial charge in [-0.25, -0.2) is 14.1 Å². The van der Waals surface area contributed by atoms with Crippen molar-refractivity contribution in [3.63, 3.8) is 0 Å². The molecule has 0 saturated heterocycles. The maximum atomic E-state index is 5.90. The molecule has 2 aromatic carbocycles. The lowest BCUT2D eigenvalue weighted by Crippen LogP contribution is -2.23. The molecule has 2 aromatic heterocycles. The fourth-order valence-electron chi connectivity index (χ4n) is 2.70. The van der Waals surface area contributed by atoms with Crippen molar-refractivity contribution in [2.24, 2.45) is 7.05 Å². The van der Waals surface area contributed by atoms with Crippen LogP contribution in [0.5, 0.6) is 0 Å². The van der Waals surface area contributed by atoms with E-state index in [0.29, 0.717) is 5.89 Å². The summed E-state index contributed by atoms with van der Waals surface area (Å²) in [6.45, 7) is 0.849. The van der Waals surface area contributed by atoms with Crippen LogP contribution >= 0.6 is 0 Å². The van der Waals surface area contributed by atoms with E-state index >= 15 is 0 Å². The van der Waals surface area contributed by atoms with E-state index in [1.54, 1.807) is 6.20 Å². The molecule has 0 bridgehead atoms. The SMILES string of the molecule is C[n+]1ccn(Cc2ccc(-c3ncc(-c4ccccc4)o3)cc2)c1. The molecule has 0 saturated carbocycles. The topological polar surface area (TPSA) is 34.8 Å². The summed E-state index contributed by atoms with van der Waals surface area (Å²) in [6, 6.07) is 18.3. The molecule has 118 valence electrons. The number of hydrogen-bond donors (Lipinski definition) is 0. The molecule has 0 aliphatic heterocycles. The number of benzene rings is 2. The van der Waals surface area contributed by atoms with E-state index in [0.717, 1.165) is 23.4 Å². The van der Waals surface area contributed by atoms with Gasteiger partial charge in [-0.05, 0) is 17.7 Å². The number of rotatable bonds is 4. The molecular weight excluding hydrogens is 298 g/mol. The van der Waals surface area contributed by atoms with Gasteiger partial charge in [0.2, 0.25) is 12.2 Å². The summed E-state index contributed by atoms with van der Waals surface area (Å²) in [6.07, 6.45) is 7.94. The Morgan fingerprint density at radius 3 is 2.50 bits per heavy atom. The lowest BCUT2D eigenvalue weighted by atomic mass is 10.1. The van der Waals surface area contributed by atoms with E-state index in [4.69, 9.17) is 4.42 Å². The predicted octanol–water partition coefficient (Wildman–Crippen LogP) is 3.68. The van der Waals surface area contributed by atoms with Gasteiger partial charge in [-0.15, -0.1) is 0 Å². The lowest BCUT2D eigenvalue weighted by Gasteiger charge is -2.00. The highest BCUT2D eigenvalue weighted by Crippen LogP contribution is 2.26. The average molecular weight is 316 g/mol. The standard InChI is InChI=1S/C20H18N3O/c1-22-11-12-23(15-22)14-16-7-9-18(10-8-16)20-21-13-19(24-20)17-5-3-2-4-6-17/h2-13,15H,14H2,1H3/q+1. The first-order valence-electron chi connectivity index (χ1n) is 7.89. The molecule has 2 heterocycles. The Bertz CT molecular complexity index is 936. The molecule has 0 spiro atoms. The quantitative estimate of drug-likeness (QED) is 0.538. The van der Waals surface area contributed by atoms with Crippen molar-refractivity contribution in [3.8, 4) is 22.8 Å². The van der Waals surface area contributed by atoms with Crippen molar-refractivity contribution in [2.45, 2.75) is 6.54 Å². The van der Waals surface area contributed by atoms with Gasteiger partial charge in [-0.1, -0.05) is 42.5 Å². The minimum absolute atomic E-state index is 0.646. The van der Waals surface area contributed by atoms with E-state index in [9.17, 15) is 0 Å². The monoisotopic (exact) mass is 316 g/mol. The van der Waals surface area contributed by atoms with Gasteiger partial charge in [-0.2, -0.15) is 0 Å². The van der Waals surface area contributed by atoms with Gasteiger partial charge in [0.1, 0.15) is 18.9 Å². The molecule has 0 aliphatic carbocycles. The molecule has 4 heteroatoms. The van der Waals surface area contributed by atoms with Gasteiger partial charge in [0.05, 0.1) is 13.2 Å². The van der Waals surface area contributed by atoms with Crippen molar-refractivity contribution < 1.29 is 8.98 Å². The first kappa shape index (κ1) is 14.5. The molecule has 0 amide bonds. The third kappa shape index (κ3) is 2.99. The second-order valence-electron chi connectivity index (χ2n) is 5.84. The molecule has 4 rings (SSSR count). The lowest BCUT2D eigenvalue weighted by molar-refractivity contribution is -0.671. The molecule has 24 heavy (non-hydrogen) atoms. The van der Waals surface area contributed by atoms with Crippen molar-refractivity contribution in [3.05, 3.63) is 85.1 Å². The summed E-state index contributed by atoms with van der Waals surface area (Å²) in [5.74, 6) is 1.43. The zero-order chi connectivity index (χ0) is 16.4. The third-order valence-corrected chi connectivity index (χ3v) is 3.95. The Balaban J connectivity index is 1.54. The molecule has 4 nitrogen and oxygen atoms in total. The third-order valence-electron chi connectivity index (χ3n) is 3.95. The van der Waals surface area contributed by atoms with E-state index in [-0.39, 0.29) is 0 Å². The minimum Gasteiger partial charge on any atom is -0.436 e. The fraction of sp³-hybridized carbons (Fsp3) is 0.100. The van der Waals surface area contributed by atoms with Crippen LogP contribution in [-0.2, 0) is 13.6 Å². The average Bonchev–Trinajstić information content (AvgIpc) is 3.26. The smallest absolute Gasteiger partial charge is 0.243 e. The van der Waals surface area contributed by atoms with Crippen LogP contribution in [0.1, 0.15) is 5.56 Å². The number of aromatic nitrogens is 3. The molecule has 0 fully saturated rings. The van der Waals surface area contributed by atoms with Gasteiger partial charge < -0.3 is 4.42 Å². The van der Waals surface area contributed by atoms with E-state index < -0.39 is 0 Å². The fourth-order valence-corrected chi connectivity index (χ4v) is 2.70. The molecule has 0 unspecified atom stereocenters. The van der Waals surface area contributed by atoms with Crippen LogP contribution in [0.3, 0.4) is 0 Å². The maximum Gasteiger partial charge on any atom is 0.243 e. The second-order valence-corrected chi connectivity index (χ2v) is 5.84. The predicted molar refractivity (Wildman–Crippen MR) is 92.1 cm³/mol. The number of nitrogens with zero attached hydrogens (tertiary/aromatic N) is 3. The van der Waals surface area contributed by atoms with Crippen LogP contribution in [0.25, 0.3) is 22.8 Å². The maximum absolute atomic E-state index is 5.90. The summed E-state index contributed by atoms with van der Waals surface area (Å²) in [5.41, 5.74) is 3.26. The summed E-state index contributed by atoms with van der Waals surface area (Å²) >= 11 is 0. The van der Waals surface area contributed by atoms with E-state index in [1.165, 1.54) is 5.56 Å². The molecule has 0 N–H and O–H groups in total. The molecule has 0 aliphatic rings. The van der Waals surface area contributed by atoms with Gasteiger partial charge >= 0.3 is 0 Å². The van der Waals surface area contributed by atoms with Gasteiger partial charge in [0, 0.05) is 11.1 Å². The second kappa shape index (κ2) is 6.16. The van der Waals surface area contributed by atoms with Crippen LogP contribution in [-0.4, -0.2) is 9.55 Å². The molecule has 0 atom stereocenters. The highest BCUT2D eigenvalue weighted by Gasteiger charge is 2.09. The number of oxazole rings is 1. The van der Waals surface area contributed by atoms with Gasteiger partial charge in [-0.3, -0.25) is 0 Å². The Hall–Kier alpha value is -3.14. The largest absolute Gasteiger partial charge is 0.436 e. The van der Waals surface area contributed by atoms with Gasteiger partial charge in [0.25, 0.3) is 0 Å². The Labute approximate surface area is 140 Å². The molecule has 0 radical (unpaired) electrons. The Kier molecular flexibility index (Phi) is 3.71. The zero-order valence-electron chi connectivity index (χ0n) is 13.5. The van der Waals surface area contributed by atoms with Crippen molar-refractivity contribution in [1.29, 1.82) is 0 Å². The summed E-state index contributed by atoms with van der Waals surface area (Å²) in [5, 5.41) is 0. The normalized spacial score (nSPS) is 10.9. The summed E-state index contributed by atoms with van der Waals surface area (Å²) in [4.78, 5) is 4.40. The first-order valence-corrected chi connectivity index (χ1v) is 7.89. The van der Waals surface area contributed by atoms with Gasteiger partial charge in [0.15, 0.2) is 5.76 Å². The van der Waals surface area contributed by atoms with Crippen molar-refractivity contribution in [2.75, 3.05) is 0 Å². The van der Waals surface area contributed by atoms with Crippen LogP contribution in [0, 0.1) is 0 Å². The minimum atomic E-state index is 0.646. The number of hydrogen-bond acceptors (Lipinski definition) is 2. The Morgan fingerprint density at radius 1 is 1.00 bits per heavy atom. The van der Waals surface area contributed by atoms with Crippen LogP contribution < -0.4 is 4.57 Å². The van der Waals surface area contributed by atoms with Crippen molar-refractivity contribution >= 4 is 0 Å². The van der Waals surface area contributed by atoms with Crippen LogP contribution in [0.4, 0.5) is 0 Å². The van der Waals surface area contributed by atoms with Crippen LogP contribution in [0.15, 0.2) is 83.9 Å². The van der Waals surface area contributed by atoms with E-state index in [1.807, 2.05) is 48.1 Å². The first-order chi connectivity index (χ1) is 11.8. The summed E-state index contributed by atoms with van der Waals surface area (Å²) in [7, 11) is 2.02. The highest BCUT2D eigenvalue weighted by molar-refractivity contribution is 5.61. The zero-order valence-corrected chi connectivity index (χ0v) is 13.5. The molecular formula is C20H18N3O+. The highest BCUT2D eigenvalue weighted by atomic mass is 16.4. The van der Waals surface area contributed by atoms with Crippen molar-refractivity contribution in [1.82, 2.24) is 9.55 Å². The molecule has 4 aromatic rings. The summed E-state index contributed by atoms with van der Waals surface area (Å²) < 4.78 is 10.1. The number of imidazole rings is 1.